The second-order valence-corrected chi connectivity index (χ2v) is 3.26. The number of benzene rings is 1. The van der Waals surface area contributed by atoms with Gasteiger partial charge in [-0.2, -0.15) is 0 Å². The Bertz CT molecular complexity index is 291. The van der Waals surface area contributed by atoms with Crippen LogP contribution >= 0.6 is 22.6 Å². The van der Waals surface area contributed by atoms with Crippen molar-refractivity contribution in [2.45, 2.75) is 6.54 Å². The lowest BCUT2D eigenvalue weighted by Gasteiger charge is -1.94. The van der Waals surface area contributed by atoms with Crippen LogP contribution in [0.25, 0.3) is 10.4 Å². The minimum Gasteiger partial charge on any atom is -0.0893 e. The third kappa shape index (κ3) is 2.78. The fraction of sp³-hybridized carbons (Fsp3) is 0.143. The maximum absolute atomic E-state index is 8.05. The molecule has 0 N–H and O–H groups in total. The van der Waals surface area contributed by atoms with Gasteiger partial charge in [0.15, 0.2) is 0 Å². The van der Waals surface area contributed by atoms with E-state index in [-0.39, 0.29) is 0 Å². The van der Waals surface area contributed by atoms with Crippen molar-refractivity contribution in [3.8, 4) is 0 Å². The second-order valence-electron chi connectivity index (χ2n) is 2.02. The molecule has 11 heavy (non-hydrogen) atoms. The molecule has 0 saturated carbocycles. The van der Waals surface area contributed by atoms with Crippen LogP contribution in [0.5, 0.6) is 0 Å². The Morgan fingerprint density at radius 2 is 2.36 bits per heavy atom. The Labute approximate surface area is 78.2 Å². The van der Waals surface area contributed by atoms with Crippen LogP contribution in [-0.4, -0.2) is 0 Å². The molecule has 1 rings (SSSR count). The summed E-state index contributed by atoms with van der Waals surface area (Å²) in [6.45, 7) is 0.438. The van der Waals surface area contributed by atoms with E-state index in [2.05, 4.69) is 32.6 Å². The monoisotopic (exact) mass is 257 g/mol. The van der Waals surface area contributed by atoms with Crippen LogP contribution in [0, 0.1) is 3.57 Å². The van der Waals surface area contributed by atoms with Crippen molar-refractivity contribution < 1.29 is 0 Å². The van der Waals surface area contributed by atoms with Crippen LogP contribution in [0.3, 0.4) is 0 Å². The van der Waals surface area contributed by atoms with E-state index in [1.807, 2.05) is 24.3 Å². The van der Waals surface area contributed by atoms with Gasteiger partial charge in [0.1, 0.15) is 0 Å². The molecule has 0 fully saturated rings. The molecule has 0 amide bonds. The van der Waals surface area contributed by atoms with Crippen molar-refractivity contribution in [1.82, 2.24) is 0 Å². The summed E-state index contributed by atoms with van der Waals surface area (Å²) in [5, 5.41) is 3.46. The summed E-state index contributed by atoms with van der Waals surface area (Å²) in [6, 6.07) is 7.89. The average Bonchev–Trinajstić information content (AvgIpc) is 2.01. The van der Waals surface area contributed by atoms with E-state index in [1.54, 1.807) is 0 Å². The number of nitrogens with zero attached hydrogens (tertiary/aromatic N) is 3. The number of hydrogen-bond donors (Lipinski definition) is 0. The highest BCUT2D eigenvalue weighted by Gasteiger charge is 1.89. The van der Waals surface area contributed by atoms with Gasteiger partial charge in [0.25, 0.3) is 0 Å². The summed E-state index contributed by atoms with van der Waals surface area (Å²) in [4.78, 5) is 2.68. The van der Waals surface area contributed by atoms with E-state index in [9.17, 15) is 0 Å². The topological polar surface area (TPSA) is 48.8 Å². The third-order valence-corrected chi connectivity index (χ3v) is 1.88. The van der Waals surface area contributed by atoms with Crippen molar-refractivity contribution in [3.05, 3.63) is 43.8 Å². The number of azide groups is 1. The van der Waals surface area contributed by atoms with Gasteiger partial charge >= 0.3 is 0 Å². The van der Waals surface area contributed by atoms with Crippen LogP contribution in [0.4, 0.5) is 0 Å². The first kappa shape index (κ1) is 8.36. The van der Waals surface area contributed by atoms with Crippen molar-refractivity contribution in [2.75, 3.05) is 0 Å². The third-order valence-electron chi connectivity index (χ3n) is 1.21. The summed E-state index contributed by atoms with van der Waals surface area (Å²) < 4.78 is 1.16. The summed E-state index contributed by atoms with van der Waals surface area (Å²) in [7, 11) is 0. The molecule has 56 valence electrons. The molecule has 0 radical (unpaired) electrons. The standard InChI is InChI=1S/C7H6IN3/c8-7-3-1-2-6(4-7)5-10-11-9/h1-4H,5H2/i8-2. The SMILES string of the molecule is [N-]=[N+]=NCc1cccc([125I])c1. The summed E-state index contributed by atoms with van der Waals surface area (Å²) in [6.07, 6.45) is 0. The minimum atomic E-state index is 0.438. The molecule has 0 aliphatic carbocycles. The maximum Gasteiger partial charge on any atom is 0.0511 e. The Kier molecular flexibility index (Phi) is 3.19. The first-order chi connectivity index (χ1) is 5.33. The van der Waals surface area contributed by atoms with E-state index in [0.717, 1.165) is 9.13 Å². The zero-order chi connectivity index (χ0) is 8.10. The highest BCUT2D eigenvalue weighted by Crippen LogP contribution is 2.08. The molecule has 0 aromatic heterocycles. The Balaban J connectivity index is 2.79. The molecule has 0 atom stereocenters. The van der Waals surface area contributed by atoms with E-state index in [0.29, 0.717) is 6.54 Å². The van der Waals surface area contributed by atoms with Gasteiger partial charge in [-0.15, -0.1) is 0 Å². The van der Waals surface area contributed by atoms with Crippen LogP contribution in [-0.2, 0) is 6.54 Å². The van der Waals surface area contributed by atoms with Crippen molar-refractivity contribution in [2.24, 2.45) is 5.11 Å². The predicted octanol–water partition coefficient (Wildman–Crippen LogP) is 3.10. The average molecular weight is 257 g/mol. The molecule has 1 aromatic rings. The Morgan fingerprint density at radius 3 is 3.00 bits per heavy atom. The van der Waals surface area contributed by atoms with Crippen molar-refractivity contribution >= 4 is 22.6 Å². The van der Waals surface area contributed by atoms with Gasteiger partial charge in [-0.05, 0) is 45.8 Å². The molecular formula is C7H6IN3. The normalized spacial score (nSPS) is 8.82. The lowest BCUT2D eigenvalue weighted by molar-refractivity contribution is 1.05. The van der Waals surface area contributed by atoms with Gasteiger partial charge < -0.3 is 0 Å². The summed E-state index contributed by atoms with van der Waals surface area (Å²) in [5.41, 5.74) is 9.10. The molecule has 0 heterocycles. The number of hydrogen-bond acceptors (Lipinski definition) is 1. The first-order valence-electron chi connectivity index (χ1n) is 3.08. The molecule has 0 aliphatic heterocycles. The van der Waals surface area contributed by atoms with Gasteiger partial charge in [-0.1, -0.05) is 17.2 Å². The molecule has 0 bridgehead atoms. The zero-order valence-corrected chi connectivity index (χ0v) is 7.89. The summed E-state index contributed by atoms with van der Waals surface area (Å²) in [5.74, 6) is 0. The summed E-state index contributed by atoms with van der Waals surface area (Å²) >= 11 is 2.22. The molecule has 0 saturated heterocycles. The zero-order valence-electron chi connectivity index (χ0n) is 5.74. The Morgan fingerprint density at radius 1 is 1.55 bits per heavy atom. The largest absolute Gasteiger partial charge is 0.0893 e. The van der Waals surface area contributed by atoms with Gasteiger partial charge in [0.05, 0.1) is 6.54 Å². The fourth-order valence-corrected chi connectivity index (χ4v) is 1.36. The smallest absolute Gasteiger partial charge is 0.0511 e. The lowest BCUT2D eigenvalue weighted by atomic mass is 10.2. The first-order valence-corrected chi connectivity index (χ1v) is 4.16. The van der Waals surface area contributed by atoms with Gasteiger partial charge in [-0.3, -0.25) is 0 Å². The highest BCUT2D eigenvalue weighted by molar-refractivity contribution is 14.1. The van der Waals surface area contributed by atoms with E-state index in [1.165, 1.54) is 0 Å². The molecule has 4 heteroatoms. The lowest BCUT2D eigenvalue weighted by Crippen LogP contribution is -1.79. The Hall–Kier alpha value is -0.740. The van der Waals surface area contributed by atoms with Gasteiger partial charge in [0, 0.05) is 8.48 Å². The molecule has 0 spiro atoms. The van der Waals surface area contributed by atoms with Crippen LogP contribution in [0.2, 0.25) is 0 Å². The van der Waals surface area contributed by atoms with E-state index >= 15 is 0 Å². The quantitative estimate of drug-likeness (QED) is 0.338. The van der Waals surface area contributed by atoms with Gasteiger partial charge in [-0.25, -0.2) is 0 Å². The van der Waals surface area contributed by atoms with E-state index < -0.39 is 0 Å². The molecule has 1 aromatic carbocycles. The molecule has 0 aliphatic rings. The van der Waals surface area contributed by atoms with Crippen LogP contribution in [0.15, 0.2) is 29.4 Å². The number of rotatable bonds is 2. The molecule has 3 nitrogen and oxygen atoms in total. The van der Waals surface area contributed by atoms with Gasteiger partial charge in [0.2, 0.25) is 0 Å². The number of halogens is 1. The molecule has 0 unspecified atom stereocenters. The van der Waals surface area contributed by atoms with Crippen LogP contribution < -0.4 is 0 Å². The fourth-order valence-electron chi connectivity index (χ4n) is 0.749. The predicted molar refractivity (Wildman–Crippen MR) is 52.0 cm³/mol. The van der Waals surface area contributed by atoms with Crippen molar-refractivity contribution in [3.63, 3.8) is 0 Å². The van der Waals surface area contributed by atoms with Crippen LogP contribution in [0.1, 0.15) is 5.56 Å². The minimum absolute atomic E-state index is 0.438. The van der Waals surface area contributed by atoms with E-state index in [4.69, 9.17) is 5.53 Å². The highest BCUT2D eigenvalue weighted by atomic mass is 125. The second kappa shape index (κ2) is 4.20. The molecular weight excluding hydrogens is 251 g/mol. The van der Waals surface area contributed by atoms with Crippen molar-refractivity contribution in [1.29, 1.82) is 0 Å². The maximum atomic E-state index is 8.05.